The van der Waals surface area contributed by atoms with Crippen molar-refractivity contribution >= 4 is 11.0 Å². The van der Waals surface area contributed by atoms with Crippen molar-refractivity contribution in [3.05, 3.63) is 77.0 Å². The van der Waals surface area contributed by atoms with Crippen LogP contribution in [-0.2, 0) is 6.54 Å². The van der Waals surface area contributed by atoms with E-state index in [1.54, 1.807) is 0 Å². The van der Waals surface area contributed by atoms with Crippen molar-refractivity contribution in [1.29, 1.82) is 0 Å². The number of H-pyrrole nitrogens is 2. The van der Waals surface area contributed by atoms with Gasteiger partial charge in [-0.15, -0.1) is 0 Å². The Morgan fingerprint density at radius 2 is 1.71 bits per heavy atom. The van der Waals surface area contributed by atoms with Gasteiger partial charge in [0.25, 0.3) is 0 Å². The highest BCUT2D eigenvalue weighted by Gasteiger charge is 2.23. The first kappa shape index (κ1) is 17.0. The Labute approximate surface area is 162 Å². The number of piperidine rings is 1. The number of benzene rings is 2. The summed E-state index contributed by atoms with van der Waals surface area (Å²) < 4.78 is 1.94. The lowest BCUT2D eigenvalue weighted by Gasteiger charge is -2.32. The first-order chi connectivity index (χ1) is 13.8. The Kier molecular flexibility index (Phi) is 4.33. The van der Waals surface area contributed by atoms with E-state index in [9.17, 15) is 4.79 Å². The van der Waals surface area contributed by atoms with Crippen molar-refractivity contribution in [2.24, 2.45) is 0 Å². The van der Waals surface area contributed by atoms with Crippen LogP contribution in [0.3, 0.4) is 0 Å². The Hall–Kier alpha value is -3.12. The number of hydrogen-bond donors (Lipinski definition) is 2. The molecule has 4 aromatic rings. The average molecular weight is 373 g/mol. The number of nitrogens with zero attached hydrogens (tertiary/aromatic N) is 3. The molecular weight excluding hydrogens is 350 g/mol. The maximum atomic E-state index is 12.4. The zero-order valence-corrected chi connectivity index (χ0v) is 15.6. The fourth-order valence-electron chi connectivity index (χ4n) is 4.20. The quantitative estimate of drug-likeness (QED) is 0.575. The number of fused-ring (bicyclic) bond motifs is 1. The number of hydrogen-bond acceptors (Lipinski definition) is 3. The van der Waals surface area contributed by atoms with Gasteiger partial charge in [0.15, 0.2) is 0 Å². The number of nitrogens with one attached hydrogen (secondary N) is 2. The van der Waals surface area contributed by atoms with Gasteiger partial charge >= 0.3 is 5.69 Å². The highest BCUT2D eigenvalue weighted by atomic mass is 16.1. The van der Waals surface area contributed by atoms with Crippen LogP contribution in [0.15, 0.2) is 65.6 Å². The molecule has 0 saturated carbocycles. The number of imidazole rings is 2. The molecule has 0 radical (unpaired) electrons. The van der Waals surface area contributed by atoms with Crippen molar-refractivity contribution in [2.45, 2.75) is 25.4 Å². The van der Waals surface area contributed by atoms with Crippen molar-refractivity contribution in [1.82, 2.24) is 24.4 Å². The van der Waals surface area contributed by atoms with Crippen molar-refractivity contribution in [3.8, 4) is 11.4 Å². The molecule has 0 amide bonds. The van der Waals surface area contributed by atoms with Gasteiger partial charge in [-0.2, -0.15) is 0 Å². The Bertz CT molecular complexity index is 1130. The predicted molar refractivity (Wildman–Crippen MR) is 110 cm³/mol. The third-order valence-electron chi connectivity index (χ3n) is 5.62. The second kappa shape index (κ2) is 7.13. The minimum atomic E-state index is 0.000667. The van der Waals surface area contributed by atoms with Crippen molar-refractivity contribution in [2.75, 3.05) is 13.1 Å². The minimum absolute atomic E-state index is 0.000667. The second-order valence-corrected chi connectivity index (χ2v) is 7.45. The largest absolute Gasteiger partial charge is 0.341 e. The van der Waals surface area contributed by atoms with E-state index in [2.05, 4.69) is 32.0 Å². The summed E-state index contributed by atoms with van der Waals surface area (Å²) in [5.74, 6) is 0.913. The molecule has 142 valence electrons. The molecule has 1 aliphatic heterocycles. The van der Waals surface area contributed by atoms with Gasteiger partial charge in [-0.25, -0.2) is 9.78 Å². The summed E-state index contributed by atoms with van der Waals surface area (Å²) in [6.45, 7) is 2.79. The van der Waals surface area contributed by atoms with Crippen LogP contribution in [0.2, 0.25) is 0 Å². The van der Waals surface area contributed by atoms with Crippen LogP contribution >= 0.6 is 0 Å². The summed E-state index contributed by atoms with van der Waals surface area (Å²) in [7, 11) is 0. The van der Waals surface area contributed by atoms with E-state index in [0.29, 0.717) is 0 Å². The summed E-state index contributed by atoms with van der Waals surface area (Å²) in [5.41, 5.74) is 4.15. The smallest absolute Gasteiger partial charge is 0.326 e. The molecule has 28 heavy (non-hydrogen) atoms. The van der Waals surface area contributed by atoms with Crippen molar-refractivity contribution < 1.29 is 0 Å². The third kappa shape index (κ3) is 3.16. The number of para-hydroxylation sites is 2. The molecule has 0 aliphatic carbocycles. The van der Waals surface area contributed by atoms with E-state index in [0.717, 1.165) is 60.6 Å². The number of aromatic amines is 2. The Balaban J connectivity index is 1.26. The molecule has 1 aliphatic rings. The van der Waals surface area contributed by atoms with Gasteiger partial charge in [-0.1, -0.05) is 42.5 Å². The monoisotopic (exact) mass is 373 g/mol. The molecule has 0 unspecified atom stereocenters. The number of rotatable bonds is 4. The zero-order chi connectivity index (χ0) is 18.9. The van der Waals surface area contributed by atoms with Crippen LogP contribution in [0.5, 0.6) is 0 Å². The molecule has 6 heteroatoms. The SMILES string of the molecule is O=c1[nH]c2ccccc2n1C1CCN(Cc2cnc(-c3ccccc3)[nH]2)CC1. The molecular formula is C22H23N5O. The molecule has 6 nitrogen and oxygen atoms in total. The van der Waals surface area contributed by atoms with Gasteiger partial charge in [0.05, 0.1) is 11.0 Å². The summed E-state index contributed by atoms with van der Waals surface area (Å²) in [6.07, 6.45) is 3.88. The molecule has 0 bridgehead atoms. The van der Waals surface area contributed by atoms with E-state index in [1.165, 1.54) is 0 Å². The average Bonchev–Trinajstić information content (AvgIpc) is 3.33. The minimum Gasteiger partial charge on any atom is -0.341 e. The summed E-state index contributed by atoms with van der Waals surface area (Å²) in [4.78, 5) is 25.8. The van der Waals surface area contributed by atoms with Crippen LogP contribution in [0.4, 0.5) is 0 Å². The van der Waals surface area contributed by atoms with Crippen LogP contribution in [0.25, 0.3) is 22.4 Å². The second-order valence-electron chi connectivity index (χ2n) is 7.45. The van der Waals surface area contributed by atoms with Gasteiger partial charge in [0, 0.05) is 43.1 Å². The standard InChI is InChI=1S/C22H23N5O/c28-22-25-19-8-4-5-9-20(19)27(22)18-10-12-26(13-11-18)15-17-14-23-21(24-17)16-6-2-1-3-7-16/h1-9,14,18H,10-13,15H2,(H,23,24)(H,25,28). The molecule has 3 heterocycles. The highest BCUT2D eigenvalue weighted by Crippen LogP contribution is 2.25. The lowest BCUT2D eigenvalue weighted by Crippen LogP contribution is -2.36. The lowest BCUT2D eigenvalue weighted by atomic mass is 10.0. The molecule has 2 aromatic heterocycles. The molecule has 1 saturated heterocycles. The summed E-state index contributed by atoms with van der Waals surface area (Å²) >= 11 is 0. The first-order valence-electron chi connectivity index (χ1n) is 9.79. The van der Waals surface area contributed by atoms with E-state index in [1.807, 2.05) is 53.2 Å². The molecule has 5 rings (SSSR count). The predicted octanol–water partition coefficient (Wildman–Crippen LogP) is 3.56. The van der Waals surface area contributed by atoms with E-state index >= 15 is 0 Å². The fourth-order valence-corrected chi connectivity index (χ4v) is 4.20. The number of likely N-dealkylation sites (tertiary alicyclic amines) is 1. The van der Waals surface area contributed by atoms with Crippen molar-refractivity contribution in [3.63, 3.8) is 0 Å². The lowest BCUT2D eigenvalue weighted by molar-refractivity contribution is 0.178. The van der Waals surface area contributed by atoms with Crippen LogP contribution in [0, 0.1) is 0 Å². The van der Waals surface area contributed by atoms with Crippen LogP contribution in [0.1, 0.15) is 24.6 Å². The van der Waals surface area contributed by atoms with Crippen LogP contribution < -0.4 is 5.69 Å². The topological polar surface area (TPSA) is 69.7 Å². The molecule has 2 aromatic carbocycles. The Morgan fingerprint density at radius 1 is 0.964 bits per heavy atom. The highest BCUT2D eigenvalue weighted by molar-refractivity contribution is 5.75. The molecule has 1 fully saturated rings. The van der Waals surface area contributed by atoms with Gasteiger partial charge < -0.3 is 9.97 Å². The van der Waals surface area contributed by atoms with Gasteiger partial charge in [-0.05, 0) is 25.0 Å². The first-order valence-corrected chi connectivity index (χ1v) is 9.79. The third-order valence-corrected chi connectivity index (χ3v) is 5.62. The zero-order valence-electron chi connectivity index (χ0n) is 15.6. The van der Waals surface area contributed by atoms with Gasteiger partial charge in [0.1, 0.15) is 5.82 Å². The molecule has 2 N–H and O–H groups in total. The fraction of sp³-hybridized carbons (Fsp3) is 0.273. The van der Waals surface area contributed by atoms with E-state index < -0.39 is 0 Å². The normalized spacial score (nSPS) is 16.0. The van der Waals surface area contributed by atoms with E-state index in [4.69, 9.17) is 0 Å². The van der Waals surface area contributed by atoms with Gasteiger partial charge in [-0.3, -0.25) is 9.47 Å². The molecule has 0 atom stereocenters. The summed E-state index contributed by atoms with van der Waals surface area (Å²) in [6, 6.07) is 18.4. The van der Waals surface area contributed by atoms with Gasteiger partial charge in [0.2, 0.25) is 0 Å². The Morgan fingerprint density at radius 3 is 2.54 bits per heavy atom. The molecule has 0 spiro atoms. The van der Waals surface area contributed by atoms with E-state index in [-0.39, 0.29) is 11.7 Å². The number of aromatic nitrogens is 4. The maximum absolute atomic E-state index is 12.4. The maximum Gasteiger partial charge on any atom is 0.326 e. The van der Waals surface area contributed by atoms with Crippen LogP contribution in [-0.4, -0.2) is 37.5 Å². The summed E-state index contributed by atoms with van der Waals surface area (Å²) in [5, 5.41) is 0.